The van der Waals surface area contributed by atoms with Gasteiger partial charge in [-0.05, 0) is 93.4 Å². The molecule has 0 N–H and O–H groups in total. The van der Waals surface area contributed by atoms with Gasteiger partial charge in [0.05, 0.1) is 51.3 Å². The zero-order valence-electron chi connectivity index (χ0n) is 28.5. The lowest BCUT2D eigenvalue weighted by Crippen LogP contribution is -2.42. The summed E-state index contributed by atoms with van der Waals surface area (Å²) < 4.78 is 1.96. The minimum absolute atomic E-state index is 0.00843. The van der Waals surface area contributed by atoms with Crippen molar-refractivity contribution in [3.8, 4) is 28.2 Å². The number of nitrogens with zero attached hydrogens (tertiary/aromatic N) is 4. The molecule has 248 valence electrons. The van der Waals surface area contributed by atoms with Gasteiger partial charge in [0, 0.05) is 17.0 Å². The fraction of sp³-hybridized carbons (Fsp3) is 0.0208. The molecule has 0 amide bonds. The summed E-state index contributed by atoms with van der Waals surface area (Å²) in [6.45, 7) is 0. The van der Waals surface area contributed by atoms with E-state index in [4.69, 9.17) is 4.98 Å². The van der Waals surface area contributed by atoms with Crippen LogP contribution in [0.4, 0.5) is 17.1 Å². The molecule has 0 saturated carbocycles. The Bertz CT molecular complexity index is 2970. The van der Waals surface area contributed by atoms with Crippen LogP contribution in [0.1, 0.15) is 22.3 Å². The largest absolute Gasteiger partial charge is 0.308 e. The van der Waals surface area contributed by atoms with Crippen molar-refractivity contribution in [3.05, 3.63) is 215 Å². The molecule has 5 heterocycles. The minimum Gasteiger partial charge on any atom is -0.308 e. The van der Waals surface area contributed by atoms with Crippen molar-refractivity contribution < 1.29 is 0 Å². The van der Waals surface area contributed by atoms with Gasteiger partial charge in [0.15, 0.2) is 0 Å². The molecule has 3 aromatic heterocycles. The smallest absolute Gasteiger partial charge is 0.263 e. The lowest BCUT2D eigenvalue weighted by molar-refractivity contribution is 0.709. The SMILES string of the molecule is O=c1c2ccccc2c2cccc3c2n1-c1ccccc1C31c2ccccc2N(c2ccc(-c3ccccn3)nc2)c2ccc(-c3ccccc3)cc21. The Labute approximate surface area is 305 Å². The van der Waals surface area contributed by atoms with Crippen LogP contribution in [-0.4, -0.2) is 14.5 Å². The molecule has 5 nitrogen and oxygen atoms in total. The second kappa shape index (κ2) is 11.2. The molecular weight excluding hydrogens is 649 g/mol. The zero-order chi connectivity index (χ0) is 35.1. The molecule has 11 rings (SSSR count). The molecule has 0 fully saturated rings. The summed E-state index contributed by atoms with van der Waals surface area (Å²) in [5.41, 5.74) is 12.5. The van der Waals surface area contributed by atoms with Gasteiger partial charge < -0.3 is 4.90 Å². The highest BCUT2D eigenvalue weighted by molar-refractivity contribution is 6.09. The van der Waals surface area contributed by atoms with E-state index in [2.05, 4.69) is 131 Å². The van der Waals surface area contributed by atoms with Gasteiger partial charge in [0.2, 0.25) is 0 Å². The number of rotatable bonds is 3. The van der Waals surface area contributed by atoms with E-state index in [1.54, 1.807) is 6.20 Å². The Balaban J connectivity index is 1.28. The molecule has 9 aromatic rings. The average Bonchev–Trinajstić information content (AvgIpc) is 3.24. The first-order chi connectivity index (χ1) is 26.2. The van der Waals surface area contributed by atoms with Crippen molar-refractivity contribution in [2.45, 2.75) is 5.41 Å². The van der Waals surface area contributed by atoms with E-state index in [1.807, 2.05) is 59.3 Å². The third kappa shape index (κ3) is 4.04. The molecule has 0 saturated heterocycles. The summed E-state index contributed by atoms with van der Waals surface area (Å²) in [6, 6.07) is 59.2. The molecule has 2 aliphatic rings. The molecule has 1 atom stereocenters. The van der Waals surface area contributed by atoms with Crippen molar-refractivity contribution in [3.63, 3.8) is 0 Å². The summed E-state index contributed by atoms with van der Waals surface area (Å²) in [5.74, 6) is 0. The topological polar surface area (TPSA) is 51.0 Å². The maximum atomic E-state index is 14.6. The van der Waals surface area contributed by atoms with Crippen LogP contribution < -0.4 is 10.5 Å². The van der Waals surface area contributed by atoms with E-state index in [1.165, 1.54) is 0 Å². The maximum absolute atomic E-state index is 14.6. The van der Waals surface area contributed by atoms with Crippen molar-refractivity contribution in [2.24, 2.45) is 0 Å². The van der Waals surface area contributed by atoms with E-state index in [0.717, 1.165) is 83.8 Å². The molecular formula is C48H30N4O. The molecule has 53 heavy (non-hydrogen) atoms. The van der Waals surface area contributed by atoms with Gasteiger partial charge in [-0.3, -0.25) is 19.3 Å². The highest BCUT2D eigenvalue weighted by Gasteiger charge is 2.51. The Hall–Kier alpha value is -7.11. The highest BCUT2D eigenvalue weighted by atomic mass is 16.1. The molecule has 6 aromatic carbocycles. The van der Waals surface area contributed by atoms with Crippen molar-refractivity contribution in [1.82, 2.24) is 14.5 Å². The summed E-state index contributed by atoms with van der Waals surface area (Å²) in [6.07, 6.45) is 3.74. The minimum atomic E-state index is -0.764. The molecule has 5 heteroatoms. The van der Waals surface area contributed by atoms with Crippen LogP contribution in [0.25, 0.3) is 49.9 Å². The van der Waals surface area contributed by atoms with Gasteiger partial charge in [-0.2, -0.15) is 0 Å². The number of aromatic nitrogens is 3. The van der Waals surface area contributed by atoms with Crippen LogP contribution in [0.3, 0.4) is 0 Å². The van der Waals surface area contributed by atoms with Gasteiger partial charge in [-0.25, -0.2) is 0 Å². The van der Waals surface area contributed by atoms with Crippen molar-refractivity contribution >= 4 is 38.7 Å². The van der Waals surface area contributed by atoms with E-state index >= 15 is 0 Å². The Kier molecular flexibility index (Phi) is 6.25. The Morgan fingerprint density at radius 2 is 1.11 bits per heavy atom. The summed E-state index contributed by atoms with van der Waals surface area (Å²) in [5, 5.41) is 2.73. The third-order valence-corrected chi connectivity index (χ3v) is 11.1. The summed E-state index contributed by atoms with van der Waals surface area (Å²) >= 11 is 0. The first kappa shape index (κ1) is 29.6. The van der Waals surface area contributed by atoms with Gasteiger partial charge in [0.25, 0.3) is 5.56 Å². The molecule has 2 aliphatic heterocycles. The number of hydrogen-bond acceptors (Lipinski definition) is 4. The van der Waals surface area contributed by atoms with E-state index in [9.17, 15) is 4.79 Å². The molecule has 1 spiro atoms. The summed E-state index contributed by atoms with van der Waals surface area (Å²) in [4.78, 5) is 26.4. The third-order valence-electron chi connectivity index (χ3n) is 11.1. The van der Waals surface area contributed by atoms with Gasteiger partial charge in [0.1, 0.15) is 0 Å². The highest BCUT2D eigenvalue weighted by Crippen LogP contribution is 2.61. The number of fused-ring (bicyclic) bond motifs is 10. The first-order valence-electron chi connectivity index (χ1n) is 17.9. The normalized spacial score (nSPS) is 15.3. The van der Waals surface area contributed by atoms with E-state index < -0.39 is 5.41 Å². The molecule has 0 bridgehead atoms. The molecule has 0 radical (unpaired) electrons. The maximum Gasteiger partial charge on any atom is 0.263 e. The average molecular weight is 679 g/mol. The predicted octanol–water partition coefficient (Wildman–Crippen LogP) is 10.7. The van der Waals surface area contributed by atoms with Crippen LogP contribution >= 0.6 is 0 Å². The van der Waals surface area contributed by atoms with Crippen LogP contribution in [0.2, 0.25) is 0 Å². The van der Waals surface area contributed by atoms with Crippen LogP contribution in [0, 0.1) is 0 Å². The number of hydrogen-bond donors (Lipinski definition) is 0. The Morgan fingerprint density at radius 1 is 0.453 bits per heavy atom. The second-order valence-corrected chi connectivity index (χ2v) is 13.7. The van der Waals surface area contributed by atoms with Gasteiger partial charge >= 0.3 is 0 Å². The second-order valence-electron chi connectivity index (χ2n) is 13.7. The monoisotopic (exact) mass is 678 g/mol. The van der Waals surface area contributed by atoms with E-state index in [0.29, 0.717) is 5.39 Å². The number of anilines is 3. The van der Waals surface area contributed by atoms with Crippen LogP contribution in [0.5, 0.6) is 0 Å². The lowest BCUT2D eigenvalue weighted by Gasteiger charge is -2.49. The first-order valence-corrected chi connectivity index (χ1v) is 17.9. The summed E-state index contributed by atoms with van der Waals surface area (Å²) in [7, 11) is 0. The standard InChI is InChI=1S/C48H30N4O/c53-47-36-16-5-4-15-34(36)35-17-12-20-39-46(35)52(47)44-23-9-7-19-38(44)48(39)37-18-6-8-22-43(37)51(33-25-26-42(50-30-33)41-21-10-11-28-49-41)45-27-24-32(29-40(45)48)31-13-2-1-3-14-31/h1-30H. The van der Waals surface area contributed by atoms with Gasteiger partial charge in [-0.15, -0.1) is 0 Å². The lowest BCUT2D eigenvalue weighted by atomic mass is 9.60. The zero-order valence-corrected chi connectivity index (χ0v) is 28.5. The number of benzene rings is 6. The van der Waals surface area contributed by atoms with Gasteiger partial charge in [-0.1, -0.05) is 115 Å². The number of pyridine rings is 3. The van der Waals surface area contributed by atoms with Crippen LogP contribution in [0.15, 0.2) is 187 Å². The van der Waals surface area contributed by atoms with E-state index in [-0.39, 0.29) is 5.56 Å². The number of para-hydroxylation sites is 3. The fourth-order valence-electron chi connectivity index (χ4n) is 8.94. The molecule has 0 aliphatic carbocycles. The van der Waals surface area contributed by atoms with Crippen molar-refractivity contribution in [2.75, 3.05) is 4.90 Å². The fourth-order valence-corrected chi connectivity index (χ4v) is 8.94. The predicted molar refractivity (Wildman–Crippen MR) is 214 cm³/mol. The quantitative estimate of drug-likeness (QED) is 0.175. The Morgan fingerprint density at radius 3 is 1.91 bits per heavy atom. The van der Waals surface area contributed by atoms with Crippen LogP contribution in [-0.2, 0) is 5.41 Å². The van der Waals surface area contributed by atoms with Crippen molar-refractivity contribution in [1.29, 1.82) is 0 Å². The molecule has 1 unspecified atom stereocenters.